The minimum absolute atomic E-state index is 0.103. The molecule has 0 N–H and O–H groups in total. The standard InChI is InChI=1S/C29H33NSi/c1-20-15-22(17-23(16-20)29(2,3)4)28-19-25(21-11-9-8-10-12-21)26-18-24(31(5,6)7)13-14-27(26)30-28/h8-19H,1-7H3. The second-order valence-corrected chi connectivity index (χ2v) is 15.8. The Balaban J connectivity index is 2.00. The Kier molecular flexibility index (Phi) is 5.39. The van der Waals surface area contributed by atoms with Crippen LogP contribution in [0.2, 0.25) is 19.6 Å². The highest BCUT2D eigenvalue weighted by Gasteiger charge is 2.19. The van der Waals surface area contributed by atoms with Gasteiger partial charge >= 0.3 is 0 Å². The lowest BCUT2D eigenvalue weighted by Gasteiger charge is -2.21. The van der Waals surface area contributed by atoms with Gasteiger partial charge in [-0.15, -0.1) is 0 Å². The quantitative estimate of drug-likeness (QED) is 0.307. The van der Waals surface area contributed by atoms with Gasteiger partial charge in [0.2, 0.25) is 0 Å². The summed E-state index contributed by atoms with van der Waals surface area (Å²) < 4.78 is 0. The topological polar surface area (TPSA) is 12.9 Å². The molecule has 0 atom stereocenters. The molecule has 0 bridgehead atoms. The number of aromatic nitrogens is 1. The number of hydrogen-bond acceptors (Lipinski definition) is 1. The van der Waals surface area contributed by atoms with Crippen molar-refractivity contribution in [3.05, 3.63) is 83.9 Å². The summed E-state index contributed by atoms with van der Waals surface area (Å²) in [6.45, 7) is 16.2. The van der Waals surface area contributed by atoms with E-state index in [-0.39, 0.29) is 5.41 Å². The van der Waals surface area contributed by atoms with Gasteiger partial charge in [-0.05, 0) is 53.3 Å². The van der Waals surface area contributed by atoms with Crippen LogP contribution in [0.1, 0.15) is 31.9 Å². The van der Waals surface area contributed by atoms with Crippen molar-refractivity contribution in [3.8, 4) is 22.4 Å². The number of hydrogen-bond donors (Lipinski definition) is 0. The van der Waals surface area contributed by atoms with Crippen LogP contribution in [0.25, 0.3) is 33.3 Å². The molecule has 31 heavy (non-hydrogen) atoms. The zero-order chi connectivity index (χ0) is 22.4. The van der Waals surface area contributed by atoms with Crippen LogP contribution in [0.5, 0.6) is 0 Å². The molecule has 0 spiro atoms. The van der Waals surface area contributed by atoms with E-state index in [1.54, 1.807) is 0 Å². The summed E-state index contributed by atoms with van der Waals surface area (Å²) in [4.78, 5) is 5.13. The van der Waals surface area contributed by atoms with Crippen molar-refractivity contribution in [2.24, 2.45) is 0 Å². The fourth-order valence-corrected chi connectivity index (χ4v) is 5.22. The predicted octanol–water partition coefficient (Wildman–Crippen LogP) is 7.72. The van der Waals surface area contributed by atoms with Crippen LogP contribution < -0.4 is 5.19 Å². The number of benzene rings is 3. The molecule has 0 unspecified atom stereocenters. The smallest absolute Gasteiger partial charge is 0.0776 e. The molecule has 1 aromatic heterocycles. The highest BCUT2D eigenvalue weighted by atomic mass is 28.3. The molecule has 0 saturated carbocycles. The van der Waals surface area contributed by atoms with E-state index < -0.39 is 8.07 Å². The Hall–Kier alpha value is -2.71. The summed E-state index contributed by atoms with van der Waals surface area (Å²) in [6.07, 6.45) is 0. The van der Waals surface area contributed by atoms with E-state index >= 15 is 0 Å². The first-order valence-corrected chi connectivity index (χ1v) is 14.7. The molecule has 1 heterocycles. The van der Waals surface area contributed by atoms with Gasteiger partial charge in [0.05, 0.1) is 19.3 Å². The molecule has 0 saturated heterocycles. The largest absolute Gasteiger partial charge is 0.248 e. The first kappa shape index (κ1) is 21.5. The fourth-order valence-electron chi connectivity index (χ4n) is 4.06. The molecule has 0 aliphatic carbocycles. The van der Waals surface area contributed by atoms with Crippen molar-refractivity contribution in [1.29, 1.82) is 0 Å². The van der Waals surface area contributed by atoms with Gasteiger partial charge < -0.3 is 0 Å². The summed E-state index contributed by atoms with van der Waals surface area (Å²) in [5, 5.41) is 2.72. The number of fused-ring (bicyclic) bond motifs is 1. The van der Waals surface area contributed by atoms with Gasteiger partial charge in [-0.3, -0.25) is 0 Å². The molecule has 0 radical (unpaired) electrons. The van der Waals surface area contributed by atoms with E-state index in [1.165, 1.54) is 38.4 Å². The van der Waals surface area contributed by atoms with Gasteiger partial charge in [0.1, 0.15) is 0 Å². The van der Waals surface area contributed by atoms with E-state index in [4.69, 9.17) is 4.98 Å². The normalized spacial score (nSPS) is 12.4. The average Bonchev–Trinajstić information content (AvgIpc) is 2.71. The molecule has 158 valence electrons. The molecule has 4 rings (SSSR count). The van der Waals surface area contributed by atoms with Gasteiger partial charge in [0.25, 0.3) is 0 Å². The molecular formula is C29H33NSi. The number of aryl methyl sites for hydroxylation is 1. The maximum absolute atomic E-state index is 5.13. The highest BCUT2D eigenvalue weighted by molar-refractivity contribution is 6.88. The molecule has 0 amide bonds. The Morgan fingerprint density at radius 1 is 0.742 bits per heavy atom. The highest BCUT2D eigenvalue weighted by Crippen LogP contribution is 2.34. The van der Waals surface area contributed by atoms with Gasteiger partial charge in [0, 0.05) is 10.9 Å². The van der Waals surface area contributed by atoms with Crippen LogP contribution in [0.4, 0.5) is 0 Å². The molecule has 3 aromatic carbocycles. The Morgan fingerprint density at radius 3 is 2.10 bits per heavy atom. The summed E-state index contributed by atoms with van der Waals surface area (Å²) >= 11 is 0. The zero-order valence-electron chi connectivity index (χ0n) is 19.9. The van der Waals surface area contributed by atoms with Crippen molar-refractivity contribution >= 4 is 24.2 Å². The third-order valence-corrected chi connectivity index (χ3v) is 8.04. The Bertz CT molecular complexity index is 1240. The third kappa shape index (κ3) is 4.50. The van der Waals surface area contributed by atoms with Crippen LogP contribution in [0.3, 0.4) is 0 Å². The second-order valence-electron chi connectivity index (χ2n) is 10.7. The molecular weight excluding hydrogens is 390 g/mol. The van der Waals surface area contributed by atoms with Crippen LogP contribution >= 0.6 is 0 Å². The molecule has 0 aliphatic rings. The lowest BCUT2D eigenvalue weighted by molar-refractivity contribution is 0.590. The zero-order valence-corrected chi connectivity index (χ0v) is 20.9. The first-order chi connectivity index (χ1) is 14.5. The van der Waals surface area contributed by atoms with Crippen molar-refractivity contribution < 1.29 is 0 Å². The summed E-state index contributed by atoms with van der Waals surface area (Å²) in [7, 11) is -1.42. The van der Waals surface area contributed by atoms with Crippen molar-refractivity contribution in [2.75, 3.05) is 0 Å². The maximum atomic E-state index is 5.13. The summed E-state index contributed by atoms with van der Waals surface area (Å²) in [6, 6.07) is 26.8. The van der Waals surface area contributed by atoms with E-state index in [2.05, 4.69) is 120 Å². The van der Waals surface area contributed by atoms with Gasteiger partial charge in [-0.25, -0.2) is 4.98 Å². The fraction of sp³-hybridized carbons (Fsp3) is 0.276. The van der Waals surface area contributed by atoms with E-state index in [1.807, 2.05) is 0 Å². The van der Waals surface area contributed by atoms with E-state index in [0.717, 1.165) is 11.2 Å². The minimum atomic E-state index is -1.42. The van der Waals surface area contributed by atoms with E-state index in [9.17, 15) is 0 Å². The Labute approximate surface area is 188 Å². The average molecular weight is 424 g/mol. The van der Waals surface area contributed by atoms with Crippen molar-refractivity contribution in [3.63, 3.8) is 0 Å². The molecule has 0 fully saturated rings. The Morgan fingerprint density at radius 2 is 1.45 bits per heavy atom. The van der Waals surface area contributed by atoms with Crippen LogP contribution in [0.15, 0.2) is 72.8 Å². The van der Waals surface area contributed by atoms with Crippen molar-refractivity contribution in [1.82, 2.24) is 4.98 Å². The molecule has 1 nitrogen and oxygen atoms in total. The SMILES string of the molecule is Cc1cc(-c2cc(-c3ccccc3)c3cc([Si](C)(C)C)ccc3n2)cc(C(C)(C)C)c1. The molecule has 4 aromatic rings. The van der Waals surface area contributed by atoms with Gasteiger partial charge in [-0.2, -0.15) is 0 Å². The van der Waals surface area contributed by atoms with Gasteiger partial charge in [0.15, 0.2) is 0 Å². The van der Waals surface area contributed by atoms with Crippen molar-refractivity contribution in [2.45, 2.75) is 52.8 Å². The lowest BCUT2D eigenvalue weighted by Crippen LogP contribution is -2.37. The summed E-state index contributed by atoms with van der Waals surface area (Å²) in [5.41, 5.74) is 8.54. The maximum Gasteiger partial charge on any atom is 0.0776 e. The van der Waals surface area contributed by atoms with Crippen LogP contribution in [0, 0.1) is 6.92 Å². The van der Waals surface area contributed by atoms with E-state index in [0.29, 0.717) is 0 Å². The third-order valence-electron chi connectivity index (χ3n) is 6.00. The molecule has 2 heteroatoms. The first-order valence-electron chi connectivity index (χ1n) is 11.2. The lowest BCUT2D eigenvalue weighted by atomic mass is 9.84. The minimum Gasteiger partial charge on any atom is -0.248 e. The van der Waals surface area contributed by atoms with Gasteiger partial charge in [-0.1, -0.05) is 99.7 Å². The number of pyridine rings is 1. The molecule has 0 aliphatic heterocycles. The predicted molar refractivity (Wildman–Crippen MR) is 139 cm³/mol. The second kappa shape index (κ2) is 7.76. The monoisotopic (exact) mass is 423 g/mol. The van der Waals surface area contributed by atoms with Crippen LogP contribution in [-0.2, 0) is 5.41 Å². The summed E-state index contributed by atoms with van der Waals surface area (Å²) in [5.74, 6) is 0. The number of rotatable bonds is 3. The number of nitrogens with zero attached hydrogens (tertiary/aromatic N) is 1. The van der Waals surface area contributed by atoms with Crippen LogP contribution in [-0.4, -0.2) is 13.1 Å².